The Balaban J connectivity index is 1.94. The molecule has 7 nitrogen and oxygen atoms in total. The molecule has 3 N–H and O–H groups in total. The van der Waals surface area contributed by atoms with Crippen molar-refractivity contribution in [1.82, 2.24) is 15.0 Å². The lowest BCUT2D eigenvalue weighted by Crippen LogP contribution is -2.16. The van der Waals surface area contributed by atoms with E-state index in [2.05, 4.69) is 20.3 Å². The zero-order chi connectivity index (χ0) is 22.7. The molecule has 4 aromatic rings. The van der Waals surface area contributed by atoms with Gasteiger partial charge in [0.15, 0.2) is 5.82 Å². The van der Waals surface area contributed by atoms with E-state index in [1.807, 2.05) is 6.07 Å². The molecule has 4 rings (SSSR count). The largest absolute Gasteiger partial charge is 0.494 e. The van der Waals surface area contributed by atoms with E-state index < -0.39 is 17.5 Å². The van der Waals surface area contributed by atoms with Crippen LogP contribution < -0.4 is 15.8 Å². The van der Waals surface area contributed by atoms with E-state index >= 15 is 0 Å². The van der Waals surface area contributed by atoms with E-state index in [0.717, 1.165) is 18.2 Å². The first-order valence-electron chi connectivity index (χ1n) is 9.74. The zero-order valence-corrected chi connectivity index (χ0v) is 17.1. The maximum Gasteiger partial charge on any atom is 0.219 e. The Kier molecular flexibility index (Phi) is 5.89. The number of benzene rings is 2. The Morgan fingerprint density at radius 1 is 1.12 bits per heavy atom. The monoisotopic (exact) mass is 435 g/mol. The number of ether oxygens (including phenoxy) is 1. The number of rotatable bonds is 7. The number of nitrogens with zero attached hydrogens (tertiary/aromatic N) is 3. The molecule has 162 valence electrons. The molecule has 0 aliphatic rings. The number of pyridine rings is 1. The van der Waals surface area contributed by atoms with E-state index in [4.69, 9.17) is 10.5 Å². The van der Waals surface area contributed by atoms with Crippen molar-refractivity contribution in [3.05, 3.63) is 66.5 Å². The van der Waals surface area contributed by atoms with Gasteiger partial charge >= 0.3 is 0 Å². The van der Waals surface area contributed by atoms with Crippen molar-refractivity contribution in [3.8, 4) is 28.3 Å². The Labute approximate surface area is 182 Å². The van der Waals surface area contributed by atoms with E-state index in [-0.39, 0.29) is 18.5 Å². The molecule has 32 heavy (non-hydrogen) atoms. The van der Waals surface area contributed by atoms with Gasteiger partial charge in [0.1, 0.15) is 28.7 Å². The van der Waals surface area contributed by atoms with Crippen LogP contribution in [0, 0.1) is 11.6 Å². The second-order valence-corrected chi connectivity index (χ2v) is 6.98. The number of carbonyl (C=O) groups excluding carboxylic acids is 1. The summed E-state index contributed by atoms with van der Waals surface area (Å²) in [6, 6.07) is 10.0. The molecule has 0 bridgehead atoms. The molecule has 0 saturated heterocycles. The summed E-state index contributed by atoms with van der Waals surface area (Å²) in [5, 5.41) is 3.60. The summed E-state index contributed by atoms with van der Waals surface area (Å²) in [6.07, 6.45) is 3.34. The topological polar surface area (TPSA) is 103 Å². The van der Waals surface area contributed by atoms with E-state index in [1.54, 1.807) is 30.6 Å². The van der Waals surface area contributed by atoms with Crippen LogP contribution in [0.2, 0.25) is 0 Å². The van der Waals surface area contributed by atoms with Crippen LogP contribution in [0.15, 0.2) is 54.9 Å². The molecule has 0 aliphatic carbocycles. The van der Waals surface area contributed by atoms with Crippen molar-refractivity contribution in [2.24, 2.45) is 5.73 Å². The average Bonchev–Trinajstić information content (AvgIpc) is 2.80. The highest BCUT2D eigenvalue weighted by Gasteiger charge is 2.17. The number of anilines is 1. The highest BCUT2D eigenvalue weighted by atomic mass is 19.1. The van der Waals surface area contributed by atoms with Crippen LogP contribution in [0.4, 0.5) is 14.6 Å². The van der Waals surface area contributed by atoms with Crippen LogP contribution in [0.3, 0.4) is 0 Å². The van der Waals surface area contributed by atoms with Crippen molar-refractivity contribution >= 4 is 22.6 Å². The first kappa shape index (κ1) is 21.1. The van der Waals surface area contributed by atoms with Gasteiger partial charge < -0.3 is 15.8 Å². The lowest BCUT2D eigenvalue weighted by atomic mass is 10.0. The van der Waals surface area contributed by atoms with Crippen LogP contribution in [0.25, 0.3) is 33.4 Å². The number of nitrogens with one attached hydrogen (secondary N) is 1. The Bertz CT molecular complexity index is 1300. The normalized spacial score (nSPS) is 10.8. The molecule has 1 amide bonds. The number of amides is 1. The summed E-state index contributed by atoms with van der Waals surface area (Å²) in [5.41, 5.74) is 6.85. The zero-order valence-electron chi connectivity index (χ0n) is 17.1. The molecular formula is C23H19F2N5O2. The molecule has 2 heterocycles. The fraction of sp³-hybridized carbons (Fsp3) is 0.130. The molecule has 0 radical (unpaired) electrons. The molecule has 0 atom stereocenters. The summed E-state index contributed by atoms with van der Waals surface area (Å²) in [5.74, 6) is -0.482. The molecule has 0 saturated carbocycles. The fourth-order valence-corrected chi connectivity index (χ4v) is 3.29. The minimum absolute atomic E-state index is 0.0737. The van der Waals surface area contributed by atoms with Crippen LogP contribution in [-0.2, 0) is 4.79 Å². The number of aromatic nitrogens is 3. The minimum atomic E-state index is -0.580. The van der Waals surface area contributed by atoms with Gasteiger partial charge in [0.05, 0.1) is 7.11 Å². The molecule has 0 spiro atoms. The smallest absolute Gasteiger partial charge is 0.219 e. The van der Waals surface area contributed by atoms with Gasteiger partial charge in [-0.25, -0.2) is 18.7 Å². The van der Waals surface area contributed by atoms with Gasteiger partial charge in [0.2, 0.25) is 5.91 Å². The molecule has 0 aliphatic heterocycles. The molecule has 0 fully saturated rings. The van der Waals surface area contributed by atoms with Crippen molar-refractivity contribution in [2.45, 2.75) is 6.42 Å². The summed E-state index contributed by atoms with van der Waals surface area (Å²) in [7, 11) is 1.46. The molecule has 2 aromatic heterocycles. The lowest BCUT2D eigenvalue weighted by Gasteiger charge is -2.15. The second kappa shape index (κ2) is 8.93. The van der Waals surface area contributed by atoms with Gasteiger partial charge in [0.25, 0.3) is 0 Å². The van der Waals surface area contributed by atoms with Crippen LogP contribution in [0.1, 0.15) is 6.42 Å². The maximum absolute atomic E-state index is 14.5. The van der Waals surface area contributed by atoms with Crippen LogP contribution in [0.5, 0.6) is 5.75 Å². The number of halogens is 2. The van der Waals surface area contributed by atoms with Crippen LogP contribution >= 0.6 is 0 Å². The van der Waals surface area contributed by atoms with Gasteiger partial charge in [0, 0.05) is 41.9 Å². The number of primary amides is 1. The SMILES string of the molecule is COc1cc(-c2cc(F)ccc2F)cc2c(NCCC(N)=O)nc(-c3cccnc3)nc12. The van der Waals surface area contributed by atoms with E-state index in [0.29, 0.717) is 39.4 Å². The van der Waals surface area contributed by atoms with Crippen molar-refractivity contribution in [1.29, 1.82) is 0 Å². The third-order valence-electron chi connectivity index (χ3n) is 4.81. The Hall–Kier alpha value is -4.14. The molecule has 0 unspecified atom stereocenters. The predicted molar refractivity (Wildman–Crippen MR) is 117 cm³/mol. The van der Waals surface area contributed by atoms with Crippen molar-refractivity contribution in [2.75, 3.05) is 19.0 Å². The first-order valence-corrected chi connectivity index (χ1v) is 9.74. The highest BCUT2D eigenvalue weighted by Crippen LogP contribution is 2.36. The minimum Gasteiger partial charge on any atom is -0.494 e. The fourth-order valence-electron chi connectivity index (χ4n) is 3.29. The molecular weight excluding hydrogens is 416 g/mol. The van der Waals surface area contributed by atoms with Gasteiger partial charge in [-0.05, 0) is 48.0 Å². The van der Waals surface area contributed by atoms with Gasteiger partial charge in [-0.3, -0.25) is 9.78 Å². The number of methoxy groups -OCH3 is 1. The number of hydrogen-bond acceptors (Lipinski definition) is 6. The number of fused-ring (bicyclic) bond motifs is 1. The summed E-state index contributed by atoms with van der Waals surface area (Å²) < 4.78 is 33.8. The summed E-state index contributed by atoms with van der Waals surface area (Å²) in [4.78, 5) is 24.5. The number of hydrogen-bond donors (Lipinski definition) is 2. The third-order valence-corrected chi connectivity index (χ3v) is 4.81. The molecule has 9 heteroatoms. The second-order valence-electron chi connectivity index (χ2n) is 6.98. The Morgan fingerprint density at radius 3 is 2.69 bits per heavy atom. The quantitative estimate of drug-likeness (QED) is 0.456. The number of nitrogens with two attached hydrogens (primary N) is 1. The van der Waals surface area contributed by atoms with E-state index in [1.165, 1.54) is 7.11 Å². The Morgan fingerprint density at radius 2 is 1.97 bits per heavy atom. The highest BCUT2D eigenvalue weighted by molar-refractivity contribution is 5.98. The summed E-state index contributed by atoms with van der Waals surface area (Å²) in [6.45, 7) is 0.231. The predicted octanol–water partition coefficient (Wildman–Crippen LogP) is 3.93. The maximum atomic E-state index is 14.5. The summed E-state index contributed by atoms with van der Waals surface area (Å²) >= 11 is 0. The van der Waals surface area contributed by atoms with E-state index in [9.17, 15) is 13.6 Å². The lowest BCUT2D eigenvalue weighted by molar-refractivity contribution is -0.117. The van der Waals surface area contributed by atoms with Gasteiger partial charge in [-0.1, -0.05) is 0 Å². The first-order chi connectivity index (χ1) is 15.5. The average molecular weight is 435 g/mol. The molecule has 2 aromatic carbocycles. The van der Waals surface area contributed by atoms with Gasteiger partial charge in [-0.15, -0.1) is 0 Å². The third kappa shape index (κ3) is 4.31. The van der Waals surface area contributed by atoms with Crippen LogP contribution in [-0.4, -0.2) is 34.5 Å². The van der Waals surface area contributed by atoms with Gasteiger partial charge in [-0.2, -0.15) is 0 Å². The standard InChI is InChI=1S/C23H19F2N5O2/c1-32-19-10-14(16-11-15(24)4-5-18(16)25)9-17-21(19)29-22(13-3-2-7-27-12-13)30-23(17)28-8-6-20(26)31/h2-5,7,9-12H,6,8H2,1H3,(H2,26,31)(H,28,29,30). The van der Waals surface area contributed by atoms with Crippen molar-refractivity contribution in [3.63, 3.8) is 0 Å². The van der Waals surface area contributed by atoms with Crippen molar-refractivity contribution < 1.29 is 18.3 Å². The number of carbonyl (C=O) groups is 1.